The van der Waals surface area contributed by atoms with Gasteiger partial charge in [-0.1, -0.05) is 35.9 Å². The molecule has 3 aromatic carbocycles. The second-order valence-corrected chi connectivity index (χ2v) is 6.76. The average molecular weight is 408 g/mol. The lowest BCUT2D eigenvalue weighted by molar-refractivity contribution is 0.101. The topological polar surface area (TPSA) is 65.4 Å². The van der Waals surface area contributed by atoms with Gasteiger partial charge in [-0.15, -0.1) is 0 Å². The normalized spacial score (nSPS) is 10.7. The highest BCUT2D eigenvalue weighted by molar-refractivity contribution is 6.30. The molecule has 1 amide bonds. The second-order valence-electron chi connectivity index (χ2n) is 6.32. The number of hydrogen-bond acceptors (Lipinski definition) is 4. The zero-order chi connectivity index (χ0) is 20.2. The van der Waals surface area contributed by atoms with Crippen LogP contribution in [-0.4, -0.2) is 22.7 Å². The van der Waals surface area contributed by atoms with Crippen molar-refractivity contribution in [1.82, 2.24) is 9.66 Å². The molecule has 0 aliphatic heterocycles. The van der Waals surface area contributed by atoms with Crippen molar-refractivity contribution in [1.29, 1.82) is 0 Å². The fraction of sp³-hybridized carbons (Fsp3) is 0.0909. The molecule has 29 heavy (non-hydrogen) atoms. The van der Waals surface area contributed by atoms with E-state index in [1.54, 1.807) is 29.2 Å². The standard InChI is InChI=1S/C22H18ClN3O3/c1-28-21-12-16(8-11-20(21)29-13-15-6-9-17(23)10-7-15)22(27)25-26-14-24-18-4-2-3-5-19(18)26/h2-12,14H,13H2,1H3,(H,25,27). The van der Waals surface area contributed by atoms with Crippen molar-refractivity contribution in [2.24, 2.45) is 0 Å². The van der Waals surface area contributed by atoms with Crippen LogP contribution in [0.5, 0.6) is 11.5 Å². The largest absolute Gasteiger partial charge is 0.493 e. The maximum Gasteiger partial charge on any atom is 0.270 e. The third-order valence-electron chi connectivity index (χ3n) is 4.41. The third-order valence-corrected chi connectivity index (χ3v) is 4.66. The summed E-state index contributed by atoms with van der Waals surface area (Å²) in [5.41, 5.74) is 5.86. The number of benzene rings is 3. The van der Waals surface area contributed by atoms with Crippen molar-refractivity contribution >= 4 is 28.5 Å². The number of amides is 1. The van der Waals surface area contributed by atoms with Gasteiger partial charge in [-0.2, -0.15) is 0 Å². The molecule has 0 saturated carbocycles. The first-order chi connectivity index (χ1) is 14.1. The van der Waals surface area contributed by atoms with Gasteiger partial charge in [0.1, 0.15) is 12.9 Å². The molecular formula is C22H18ClN3O3. The summed E-state index contributed by atoms with van der Waals surface area (Å²) in [5, 5.41) is 0.673. The Morgan fingerprint density at radius 2 is 1.86 bits per heavy atom. The van der Waals surface area contributed by atoms with Gasteiger partial charge in [0.25, 0.3) is 5.91 Å². The van der Waals surface area contributed by atoms with Gasteiger partial charge in [-0.25, -0.2) is 9.66 Å². The summed E-state index contributed by atoms with van der Waals surface area (Å²) in [5.74, 6) is 0.741. The Hall–Kier alpha value is -3.51. The first-order valence-electron chi connectivity index (χ1n) is 8.93. The smallest absolute Gasteiger partial charge is 0.270 e. The van der Waals surface area contributed by atoms with Crippen molar-refractivity contribution in [3.8, 4) is 11.5 Å². The molecule has 4 aromatic rings. The highest BCUT2D eigenvalue weighted by atomic mass is 35.5. The minimum absolute atomic E-state index is 0.282. The summed E-state index contributed by atoms with van der Waals surface area (Å²) >= 11 is 5.90. The molecule has 1 N–H and O–H groups in total. The number of imidazole rings is 1. The first kappa shape index (κ1) is 18.8. The number of nitrogens with zero attached hydrogens (tertiary/aromatic N) is 2. The summed E-state index contributed by atoms with van der Waals surface area (Å²) in [6.07, 6.45) is 1.57. The maximum absolute atomic E-state index is 12.7. The molecule has 1 aromatic heterocycles. The van der Waals surface area contributed by atoms with E-state index < -0.39 is 0 Å². The number of para-hydroxylation sites is 2. The van der Waals surface area contributed by atoms with Gasteiger partial charge >= 0.3 is 0 Å². The lowest BCUT2D eigenvalue weighted by atomic mass is 10.2. The highest BCUT2D eigenvalue weighted by Crippen LogP contribution is 2.29. The zero-order valence-electron chi connectivity index (χ0n) is 15.6. The van der Waals surface area contributed by atoms with Crippen LogP contribution in [-0.2, 0) is 6.61 Å². The van der Waals surface area contributed by atoms with E-state index >= 15 is 0 Å². The van der Waals surface area contributed by atoms with E-state index in [1.807, 2.05) is 48.5 Å². The van der Waals surface area contributed by atoms with Gasteiger partial charge in [-0.3, -0.25) is 10.2 Å². The number of fused-ring (bicyclic) bond motifs is 1. The van der Waals surface area contributed by atoms with E-state index in [4.69, 9.17) is 21.1 Å². The van der Waals surface area contributed by atoms with Crippen molar-refractivity contribution in [3.63, 3.8) is 0 Å². The lowest BCUT2D eigenvalue weighted by Gasteiger charge is -2.13. The van der Waals surface area contributed by atoms with E-state index in [0.717, 1.165) is 16.6 Å². The summed E-state index contributed by atoms with van der Waals surface area (Å²) in [6.45, 7) is 0.361. The van der Waals surface area contributed by atoms with E-state index in [1.165, 1.54) is 7.11 Å². The first-order valence-corrected chi connectivity index (χ1v) is 9.30. The Labute approximate surface area is 172 Å². The number of methoxy groups -OCH3 is 1. The molecule has 4 rings (SSSR count). The molecule has 0 bridgehead atoms. The molecule has 1 heterocycles. The van der Waals surface area contributed by atoms with Crippen LogP contribution in [0.1, 0.15) is 15.9 Å². The van der Waals surface area contributed by atoms with Crippen LogP contribution >= 0.6 is 11.6 Å². The summed E-state index contributed by atoms with van der Waals surface area (Å²) in [6, 6.07) is 20.0. The molecular weight excluding hydrogens is 390 g/mol. The number of rotatable bonds is 6. The highest BCUT2D eigenvalue weighted by Gasteiger charge is 2.13. The SMILES string of the molecule is COc1cc(C(=O)Nn2cnc3ccccc32)ccc1OCc1ccc(Cl)cc1. The predicted molar refractivity (Wildman–Crippen MR) is 112 cm³/mol. The van der Waals surface area contributed by atoms with Gasteiger partial charge in [0.05, 0.1) is 18.1 Å². The van der Waals surface area contributed by atoms with Crippen LogP contribution in [0.4, 0.5) is 0 Å². The molecule has 6 nitrogen and oxygen atoms in total. The van der Waals surface area contributed by atoms with E-state index in [-0.39, 0.29) is 5.91 Å². The summed E-state index contributed by atoms with van der Waals surface area (Å²) in [7, 11) is 1.54. The Bertz CT molecular complexity index is 1160. The van der Waals surface area contributed by atoms with Gasteiger partial charge < -0.3 is 9.47 Å². The molecule has 0 unspecified atom stereocenters. The molecule has 0 aliphatic rings. The summed E-state index contributed by atoms with van der Waals surface area (Å²) < 4.78 is 12.8. The molecule has 0 atom stereocenters. The maximum atomic E-state index is 12.7. The second kappa shape index (κ2) is 8.24. The van der Waals surface area contributed by atoms with Gasteiger partial charge in [-0.05, 0) is 48.0 Å². The van der Waals surface area contributed by atoms with Gasteiger partial charge in [0, 0.05) is 10.6 Å². The molecule has 0 fully saturated rings. The fourth-order valence-corrected chi connectivity index (χ4v) is 3.02. The predicted octanol–water partition coefficient (Wildman–Crippen LogP) is 4.66. The van der Waals surface area contributed by atoms with Crippen LogP contribution in [0.15, 0.2) is 73.1 Å². The summed E-state index contributed by atoms with van der Waals surface area (Å²) in [4.78, 5) is 16.9. The van der Waals surface area contributed by atoms with Crippen molar-refractivity contribution in [3.05, 3.63) is 89.2 Å². The van der Waals surface area contributed by atoms with Crippen LogP contribution in [0.2, 0.25) is 5.02 Å². The average Bonchev–Trinajstić information content (AvgIpc) is 3.16. The van der Waals surface area contributed by atoms with Crippen molar-refractivity contribution in [2.75, 3.05) is 12.5 Å². The van der Waals surface area contributed by atoms with Gasteiger partial charge in [0.15, 0.2) is 11.5 Å². The number of aromatic nitrogens is 2. The number of nitrogens with one attached hydrogen (secondary N) is 1. The van der Waals surface area contributed by atoms with E-state index in [0.29, 0.717) is 28.7 Å². The number of carbonyl (C=O) groups is 1. The number of halogens is 1. The Balaban J connectivity index is 1.49. The molecule has 0 radical (unpaired) electrons. The quantitative estimate of drug-likeness (QED) is 0.504. The van der Waals surface area contributed by atoms with Crippen molar-refractivity contribution in [2.45, 2.75) is 6.61 Å². The molecule has 7 heteroatoms. The van der Waals surface area contributed by atoms with Crippen LogP contribution < -0.4 is 14.9 Å². The fourth-order valence-electron chi connectivity index (χ4n) is 2.89. The Morgan fingerprint density at radius 1 is 1.07 bits per heavy atom. The number of hydrogen-bond donors (Lipinski definition) is 1. The van der Waals surface area contributed by atoms with Gasteiger partial charge in [0.2, 0.25) is 0 Å². The number of carbonyl (C=O) groups excluding carboxylic acids is 1. The van der Waals surface area contributed by atoms with E-state index in [9.17, 15) is 4.79 Å². The Morgan fingerprint density at radius 3 is 2.66 bits per heavy atom. The zero-order valence-corrected chi connectivity index (χ0v) is 16.4. The lowest BCUT2D eigenvalue weighted by Crippen LogP contribution is -2.22. The van der Waals surface area contributed by atoms with Crippen LogP contribution in [0.25, 0.3) is 11.0 Å². The monoisotopic (exact) mass is 407 g/mol. The Kier molecular flexibility index (Phi) is 5.35. The molecule has 0 saturated heterocycles. The molecule has 0 spiro atoms. The van der Waals surface area contributed by atoms with Crippen LogP contribution in [0, 0.1) is 0 Å². The molecule has 0 aliphatic carbocycles. The van der Waals surface area contributed by atoms with E-state index in [2.05, 4.69) is 10.4 Å². The minimum atomic E-state index is -0.282. The van der Waals surface area contributed by atoms with Crippen LogP contribution in [0.3, 0.4) is 0 Å². The minimum Gasteiger partial charge on any atom is -0.493 e. The third kappa shape index (κ3) is 4.17. The van der Waals surface area contributed by atoms with Crippen molar-refractivity contribution < 1.29 is 14.3 Å². The number of ether oxygens (including phenoxy) is 2. The molecule has 146 valence electrons.